The molecular formula is C16H18ClN. The molecule has 2 rings (SSSR count). The fraction of sp³-hybridized carbons (Fsp3) is 0.250. The van der Waals surface area contributed by atoms with Crippen LogP contribution in [0.4, 0.5) is 0 Å². The van der Waals surface area contributed by atoms with Crippen LogP contribution in [0.15, 0.2) is 54.6 Å². The first-order valence-corrected chi connectivity index (χ1v) is 6.59. The highest BCUT2D eigenvalue weighted by molar-refractivity contribution is 6.30. The van der Waals surface area contributed by atoms with Crippen LogP contribution in [0, 0.1) is 0 Å². The van der Waals surface area contributed by atoms with E-state index in [0.717, 1.165) is 24.5 Å². The van der Waals surface area contributed by atoms with Crippen molar-refractivity contribution in [2.24, 2.45) is 0 Å². The Kier molecular flexibility index (Phi) is 4.80. The van der Waals surface area contributed by atoms with E-state index in [1.54, 1.807) is 0 Å². The fourth-order valence-electron chi connectivity index (χ4n) is 1.95. The second-order valence-corrected chi connectivity index (χ2v) is 5.04. The molecule has 0 bridgehead atoms. The van der Waals surface area contributed by atoms with Gasteiger partial charge in [-0.15, -0.1) is 0 Å². The Labute approximate surface area is 114 Å². The van der Waals surface area contributed by atoms with Gasteiger partial charge in [0.05, 0.1) is 0 Å². The van der Waals surface area contributed by atoms with Crippen molar-refractivity contribution in [1.82, 2.24) is 4.90 Å². The first-order chi connectivity index (χ1) is 8.74. The number of likely N-dealkylation sites (N-methyl/N-ethyl adjacent to an activating group) is 1. The van der Waals surface area contributed by atoms with Crippen LogP contribution in [0.5, 0.6) is 0 Å². The third-order valence-electron chi connectivity index (χ3n) is 2.99. The van der Waals surface area contributed by atoms with E-state index in [4.69, 9.17) is 11.6 Å². The summed E-state index contributed by atoms with van der Waals surface area (Å²) in [5.74, 6) is 0. The second-order valence-electron chi connectivity index (χ2n) is 4.60. The Morgan fingerprint density at radius 1 is 0.889 bits per heavy atom. The molecule has 0 unspecified atom stereocenters. The molecule has 0 N–H and O–H groups in total. The van der Waals surface area contributed by atoms with Gasteiger partial charge in [-0.1, -0.05) is 54.1 Å². The van der Waals surface area contributed by atoms with Gasteiger partial charge in [0.2, 0.25) is 0 Å². The zero-order chi connectivity index (χ0) is 12.8. The third-order valence-corrected chi connectivity index (χ3v) is 3.24. The van der Waals surface area contributed by atoms with Crippen LogP contribution >= 0.6 is 11.6 Å². The summed E-state index contributed by atoms with van der Waals surface area (Å²) in [5, 5.41) is 0.797. The van der Waals surface area contributed by atoms with Crippen LogP contribution in [0.3, 0.4) is 0 Å². The molecule has 2 aromatic rings. The van der Waals surface area contributed by atoms with Gasteiger partial charge in [-0.25, -0.2) is 0 Å². The maximum Gasteiger partial charge on any atom is 0.0406 e. The summed E-state index contributed by atoms with van der Waals surface area (Å²) in [5.41, 5.74) is 2.69. The van der Waals surface area contributed by atoms with Gasteiger partial charge in [0.1, 0.15) is 0 Å². The molecule has 0 saturated carbocycles. The molecular weight excluding hydrogens is 242 g/mol. The van der Waals surface area contributed by atoms with E-state index in [1.807, 2.05) is 12.1 Å². The molecule has 0 aliphatic carbocycles. The van der Waals surface area contributed by atoms with Crippen molar-refractivity contribution < 1.29 is 0 Å². The van der Waals surface area contributed by atoms with E-state index >= 15 is 0 Å². The van der Waals surface area contributed by atoms with Crippen LogP contribution in [0.2, 0.25) is 5.02 Å². The molecule has 0 saturated heterocycles. The molecule has 18 heavy (non-hydrogen) atoms. The molecule has 0 aliphatic heterocycles. The Morgan fingerprint density at radius 2 is 1.56 bits per heavy atom. The highest BCUT2D eigenvalue weighted by atomic mass is 35.5. The largest absolute Gasteiger partial charge is 0.302 e. The maximum absolute atomic E-state index is 5.88. The van der Waals surface area contributed by atoms with Gasteiger partial charge in [-0.2, -0.15) is 0 Å². The number of nitrogens with zero attached hydrogens (tertiary/aromatic N) is 1. The first kappa shape index (κ1) is 13.1. The van der Waals surface area contributed by atoms with E-state index < -0.39 is 0 Å². The molecule has 2 heteroatoms. The zero-order valence-electron chi connectivity index (χ0n) is 10.6. The lowest BCUT2D eigenvalue weighted by Gasteiger charge is -2.16. The fourth-order valence-corrected chi connectivity index (χ4v) is 2.07. The molecule has 0 amide bonds. The molecule has 0 aliphatic rings. The number of halogens is 1. The van der Waals surface area contributed by atoms with Gasteiger partial charge in [0.15, 0.2) is 0 Å². The van der Waals surface area contributed by atoms with Gasteiger partial charge < -0.3 is 4.90 Å². The van der Waals surface area contributed by atoms with Crippen molar-refractivity contribution >= 4 is 11.6 Å². The predicted molar refractivity (Wildman–Crippen MR) is 77.9 cm³/mol. The minimum atomic E-state index is 0.797. The molecule has 0 radical (unpaired) electrons. The van der Waals surface area contributed by atoms with Gasteiger partial charge in [0.25, 0.3) is 0 Å². The van der Waals surface area contributed by atoms with Crippen molar-refractivity contribution in [3.8, 4) is 0 Å². The van der Waals surface area contributed by atoms with E-state index in [-0.39, 0.29) is 0 Å². The average molecular weight is 260 g/mol. The highest BCUT2D eigenvalue weighted by Gasteiger charge is 2.01. The lowest BCUT2D eigenvalue weighted by atomic mass is 10.1. The third kappa shape index (κ3) is 4.17. The maximum atomic E-state index is 5.88. The molecule has 0 spiro atoms. The SMILES string of the molecule is CN(CCc1ccccc1)Cc1ccc(Cl)cc1. The molecule has 0 fully saturated rings. The van der Waals surface area contributed by atoms with Gasteiger partial charge in [-0.05, 0) is 36.7 Å². The summed E-state index contributed by atoms with van der Waals surface area (Å²) < 4.78 is 0. The first-order valence-electron chi connectivity index (χ1n) is 6.21. The Morgan fingerprint density at radius 3 is 2.22 bits per heavy atom. The molecule has 2 aromatic carbocycles. The summed E-state index contributed by atoms with van der Waals surface area (Å²) >= 11 is 5.88. The van der Waals surface area contributed by atoms with Crippen LogP contribution in [-0.2, 0) is 13.0 Å². The predicted octanol–water partition coefficient (Wildman–Crippen LogP) is 4.01. The van der Waals surface area contributed by atoms with Gasteiger partial charge in [0, 0.05) is 18.1 Å². The van der Waals surface area contributed by atoms with E-state index in [0.29, 0.717) is 0 Å². The summed E-state index contributed by atoms with van der Waals surface area (Å²) in [4.78, 5) is 2.33. The van der Waals surface area contributed by atoms with Crippen molar-refractivity contribution in [2.75, 3.05) is 13.6 Å². The normalized spacial score (nSPS) is 10.8. The molecule has 0 heterocycles. The summed E-state index contributed by atoms with van der Waals surface area (Å²) in [6, 6.07) is 18.7. The standard InChI is InChI=1S/C16H18ClN/c1-18(12-11-14-5-3-2-4-6-14)13-15-7-9-16(17)10-8-15/h2-10H,11-13H2,1H3. The van der Waals surface area contributed by atoms with Gasteiger partial charge in [-0.3, -0.25) is 0 Å². The number of benzene rings is 2. The topological polar surface area (TPSA) is 3.24 Å². The van der Waals surface area contributed by atoms with Crippen molar-refractivity contribution in [3.63, 3.8) is 0 Å². The van der Waals surface area contributed by atoms with E-state index in [9.17, 15) is 0 Å². The Balaban J connectivity index is 1.82. The van der Waals surface area contributed by atoms with Crippen LogP contribution < -0.4 is 0 Å². The lowest BCUT2D eigenvalue weighted by Crippen LogP contribution is -2.20. The van der Waals surface area contributed by atoms with Crippen LogP contribution in [0.1, 0.15) is 11.1 Å². The monoisotopic (exact) mass is 259 g/mol. The summed E-state index contributed by atoms with van der Waals surface area (Å²) in [6.45, 7) is 2.02. The second kappa shape index (κ2) is 6.58. The van der Waals surface area contributed by atoms with Crippen LogP contribution in [0.25, 0.3) is 0 Å². The van der Waals surface area contributed by atoms with Crippen molar-refractivity contribution in [3.05, 3.63) is 70.7 Å². The molecule has 1 nitrogen and oxygen atoms in total. The Bertz CT molecular complexity index is 464. The minimum absolute atomic E-state index is 0.797. The van der Waals surface area contributed by atoms with Gasteiger partial charge >= 0.3 is 0 Å². The van der Waals surface area contributed by atoms with Crippen molar-refractivity contribution in [1.29, 1.82) is 0 Å². The number of rotatable bonds is 5. The molecule has 0 atom stereocenters. The zero-order valence-corrected chi connectivity index (χ0v) is 11.4. The Hall–Kier alpha value is -1.31. The summed E-state index contributed by atoms with van der Waals surface area (Å²) in [6.07, 6.45) is 1.09. The van der Waals surface area contributed by atoms with E-state index in [2.05, 4.69) is 54.4 Å². The van der Waals surface area contributed by atoms with Crippen molar-refractivity contribution in [2.45, 2.75) is 13.0 Å². The highest BCUT2D eigenvalue weighted by Crippen LogP contribution is 2.11. The molecule has 94 valence electrons. The van der Waals surface area contributed by atoms with E-state index in [1.165, 1.54) is 11.1 Å². The smallest absolute Gasteiger partial charge is 0.0406 e. The van der Waals surface area contributed by atoms with Crippen LogP contribution in [-0.4, -0.2) is 18.5 Å². The average Bonchev–Trinajstić information content (AvgIpc) is 2.40. The number of hydrogen-bond donors (Lipinski definition) is 0. The number of hydrogen-bond acceptors (Lipinski definition) is 1. The lowest BCUT2D eigenvalue weighted by molar-refractivity contribution is 0.331. The summed E-state index contributed by atoms with van der Waals surface area (Å²) in [7, 11) is 2.15. The minimum Gasteiger partial charge on any atom is -0.302 e. The molecule has 0 aromatic heterocycles. The quantitative estimate of drug-likeness (QED) is 0.784.